The van der Waals surface area contributed by atoms with Gasteiger partial charge in [0.25, 0.3) is 0 Å². The van der Waals surface area contributed by atoms with Gasteiger partial charge in [-0.15, -0.1) is 11.3 Å². The number of rotatable bonds is 6. The molecule has 1 amide bonds. The van der Waals surface area contributed by atoms with Gasteiger partial charge in [-0.1, -0.05) is 13.3 Å². The number of nitrogens with two attached hydrogens (primary N) is 1. The maximum atomic E-state index is 11.6. The van der Waals surface area contributed by atoms with Crippen molar-refractivity contribution in [2.75, 3.05) is 0 Å². The lowest BCUT2D eigenvalue weighted by atomic mass is 10.1. The van der Waals surface area contributed by atoms with Crippen molar-refractivity contribution in [3.8, 4) is 21.9 Å². The number of imidazole rings is 1. The summed E-state index contributed by atoms with van der Waals surface area (Å²) in [7, 11) is 0. The fraction of sp³-hybridized carbons (Fsp3) is 0.217. The van der Waals surface area contributed by atoms with Gasteiger partial charge in [-0.05, 0) is 62.2 Å². The Labute approximate surface area is 174 Å². The van der Waals surface area contributed by atoms with Crippen LogP contribution in [0.3, 0.4) is 0 Å². The fourth-order valence-corrected chi connectivity index (χ4v) is 4.60. The highest BCUT2D eigenvalue weighted by Crippen LogP contribution is 2.34. The smallest absolute Gasteiger partial charge is 0.248 e. The van der Waals surface area contributed by atoms with Gasteiger partial charge in [0, 0.05) is 34.7 Å². The molecule has 0 aliphatic heterocycles. The van der Waals surface area contributed by atoms with Crippen LogP contribution in [0.25, 0.3) is 21.9 Å². The van der Waals surface area contributed by atoms with Gasteiger partial charge < -0.3 is 14.9 Å². The van der Waals surface area contributed by atoms with Crippen molar-refractivity contribution in [3.63, 3.8) is 0 Å². The number of aromatic nitrogens is 3. The summed E-state index contributed by atoms with van der Waals surface area (Å²) in [4.78, 5) is 17.1. The van der Waals surface area contributed by atoms with Gasteiger partial charge >= 0.3 is 0 Å². The quantitative estimate of drug-likeness (QED) is 0.488. The van der Waals surface area contributed by atoms with Crippen molar-refractivity contribution in [2.24, 2.45) is 5.73 Å². The number of hydrogen-bond donors (Lipinski definition) is 1. The van der Waals surface area contributed by atoms with E-state index in [9.17, 15) is 4.79 Å². The van der Waals surface area contributed by atoms with E-state index in [4.69, 9.17) is 5.73 Å². The number of aryl methyl sites for hydroxylation is 3. The van der Waals surface area contributed by atoms with Crippen molar-refractivity contribution < 1.29 is 4.79 Å². The van der Waals surface area contributed by atoms with Crippen molar-refractivity contribution in [2.45, 2.75) is 33.6 Å². The molecule has 0 atom stereocenters. The molecule has 0 fully saturated rings. The van der Waals surface area contributed by atoms with Crippen LogP contribution in [0.1, 0.15) is 40.8 Å². The highest BCUT2D eigenvalue weighted by molar-refractivity contribution is 7.13. The molecular formula is C23H24N4OS. The Morgan fingerprint density at radius 3 is 2.66 bits per heavy atom. The Hall–Kier alpha value is -3.12. The number of primary amides is 1. The molecule has 0 saturated heterocycles. The standard InChI is InChI=1S/C23H24N4OS/c1-4-5-18-7-9-21(22-13-19(14-29-22)26-11-10-25-16(26)3)27(18)20-8-6-17(23(24)28)12-15(20)2/h6-14H,4-5H2,1-3H3,(H2,24,28). The first-order chi connectivity index (χ1) is 14.0. The fourth-order valence-electron chi connectivity index (χ4n) is 3.70. The lowest BCUT2D eigenvalue weighted by molar-refractivity contribution is 0.1000. The largest absolute Gasteiger partial charge is 0.366 e. The van der Waals surface area contributed by atoms with Crippen LogP contribution in [-0.2, 0) is 6.42 Å². The van der Waals surface area contributed by atoms with E-state index in [0.29, 0.717) is 5.56 Å². The third-order valence-corrected chi connectivity index (χ3v) is 6.07. The molecule has 1 aromatic carbocycles. The molecule has 4 aromatic rings. The topological polar surface area (TPSA) is 65.8 Å². The predicted octanol–water partition coefficient (Wildman–Crippen LogP) is 5.06. The molecule has 2 N–H and O–H groups in total. The van der Waals surface area contributed by atoms with E-state index < -0.39 is 5.91 Å². The lowest BCUT2D eigenvalue weighted by Gasteiger charge is -2.16. The minimum atomic E-state index is -0.403. The molecule has 4 rings (SSSR count). The summed E-state index contributed by atoms with van der Waals surface area (Å²) in [5.74, 6) is 0.564. The van der Waals surface area contributed by atoms with Gasteiger partial charge in [0.05, 0.1) is 16.3 Å². The zero-order valence-electron chi connectivity index (χ0n) is 16.8. The maximum absolute atomic E-state index is 11.6. The molecule has 3 aromatic heterocycles. The van der Waals surface area contributed by atoms with Gasteiger partial charge in [-0.3, -0.25) is 4.79 Å². The molecule has 0 radical (unpaired) electrons. The van der Waals surface area contributed by atoms with Crippen molar-refractivity contribution in [1.82, 2.24) is 14.1 Å². The van der Waals surface area contributed by atoms with E-state index in [-0.39, 0.29) is 0 Å². The summed E-state index contributed by atoms with van der Waals surface area (Å²) in [6.07, 6.45) is 5.84. The van der Waals surface area contributed by atoms with Crippen LogP contribution in [0.15, 0.2) is 54.2 Å². The number of carbonyl (C=O) groups excluding carboxylic acids is 1. The van der Waals surface area contributed by atoms with E-state index in [0.717, 1.165) is 41.3 Å². The first-order valence-electron chi connectivity index (χ1n) is 9.70. The predicted molar refractivity (Wildman–Crippen MR) is 118 cm³/mol. The van der Waals surface area contributed by atoms with Gasteiger partial charge in [0.15, 0.2) is 0 Å². The summed E-state index contributed by atoms with van der Waals surface area (Å²) in [6, 6.07) is 12.2. The van der Waals surface area contributed by atoms with E-state index >= 15 is 0 Å². The summed E-state index contributed by atoms with van der Waals surface area (Å²) in [6.45, 7) is 6.21. The summed E-state index contributed by atoms with van der Waals surface area (Å²) >= 11 is 1.72. The second-order valence-electron chi connectivity index (χ2n) is 7.17. The molecule has 0 saturated carbocycles. The van der Waals surface area contributed by atoms with E-state index in [2.05, 4.69) is 44.6 Å². The lowest BCUT2D eigenvalue weighted by Crippen LogP contribution is -2.12. The van der Waals surface area contributed by atoms with Gasteiger partial charge in [0.2, 0.25) is 5.91 Å². The second-order valence-corrected chi connectivity index (χ2v) is 8.09. The Kier molecular flexibility index (Phi) is 5.11. The monoisotopic (exact) mass is 404 g/mol. The van der Waals surface area contributed by atoms with Crippen LogP contribution in [0.2, 0.25) is 0 Å². The Balaban J connectivity index is 1.84. The highest BCUT2D eigenvalue weighted by atomic mass is 32.1. The molecule has 3 heterocycles. The van der Waals surface area contributed by atoms with Crippen LogP contribution in [0.5, 0.6) is 0 Å². The highest BCUT2D eigenvalue weighted by Gasteiger charge is 2.16. The number of amides is 1. The Morgan fingerprint density at radius 2 is 2.00 bits per heavy atom. The third kappa shape index (κ3) is 3.51. The molecule has 148 valence electrons. The van der Waals surface area contributed by atoms with Crippen LogP contribution in [0.4, 0.5) is 0 Å². The SMILES string of the molecule is CCCc1ccc(-c2cc(-n3ccnc3C)cs2)n1-c1ccc(C(N)=O)cc1C. The van der Waals surface area contributed by atoms with E-state index in [1.54, 1.807) is 17.4 Å². The number of thiophene rings is 1. The molecule has 0 spiro atoms. The minimum Gasteiger partial charge on any atom is -0.366 e. The van der Waals surface area contributed by atoms with E-state index in [1.807, 2.05) is 38.4 Å². The number of hydrogen-bond acceptors (Lipinski definition) is 3. The minimum absolute atomic E-state index is 0.403. The van der Waals surface area contributed by atoms with Crippen molar-refractivity contribution >= 4 is 17.2 Å². The average Bonchev–Trinajstić information content (AvgIpc) is 3.41. The molecule has 0 aliphatic carbocycles. The van der Waals surface area contributed by atoms with Crippen LogP contribution >= 0.6 is 11.3 Å². The summed E-state index contributed by atoms with van der Waals surface area (Å²) in [5.41, 5.74) is 11.6. The normalized spacial score (nSPS) is 11.1. The van der Waals surface area contributed by atoms with Crippen LogP contribution in [-0.4, -0.2) is 20.0 Å². The van der Waals surface area contributed by atoms with Crippen LogP contribution < -0.4 is 5.73 Å². The summed E-state index contributed by atoms with van der Waals surface area (Å²) < 4.78 is 4.40. The molecule has 29 heavy (non-hydrogen) atoms. The maximum Gasteiger partial charge on any atom is 0.248 e. The van der Waals surface area contributed by atoms with Gasteiger partial charge in [-0.2, -0.15) is 0 Å². The molecular weight excluding hydrogens is 380 g/mol. The van der Waals surface area contributed by atoms with Crippen molar-refractivity contribution in [1.29, 1.82) is 0 Å². The zero-order valence-corrected chi connectivity index (χ0v) is 17.7. The molecule has 0 bridgehead atoms. The first-order valence-corrected chi connectivity index (χ1v) is 10.6. The van der Waals surface area contributed by atoms with Crippen molar-refractivity contribution in [3.05, 3.63) is 76.8 Å². The van der Waals surface area contributed by atoms with E-state index in [1.165, 1.54) is 10.6 Å². The Morgan fingerprint density at radius 1 is 1.17 bits per heavy atom. The second kappa shape index (κ2) is 7.72. The molecule has 0 unspecified atom stereocenters. The first kappa shape index (κ1) is 19.2. The van der Waals surface area contributed by atoms with Gasteiger partial charge in [-0.25, -0.2) is 4.98 Å². The molecule has 6 heteroatoms. The third-order valence-electron chi connectivity index (χ3n) is 5.13. The molecule has 0 aliphatic rings. The number of nitrogens with zero attached hydrogens (tertiary/aromatic N) is 3. The van der Waals surface area contributed by atoms with Gasteiger partial charge in [0.1, 0.15) is 5.82 Å². The number of benzene rings is 1. The Bertz CT molecular complexity index is 1180. The summed E-state index contributed by atoms with van der Waals surface area (Å²) in [5, 5.41) is 2.16. The average molecular weight is 405 g/mol. The molecule has 5 nitrogen and oxygen atoms in total. The van der Waals surface area contributed by atoms with Crippen LogP contribution in [0, 0.1) is 13.8 Å². The number of carbonyl (C=O) groups is 1. The zero-order chi connectivity index (χ0) is 20.5.